The van der Waals surface area contributed by atoms with Crippen molar-refractivity contribution in [1.29, 1.82) is 0 Å². The first-order chi connectivity index (χ1) is 10.1. The molecule has 3 nitrogen and oxygen atoms in total. The number of nitrogens with one attached hydrogen (secondary N) is 1. The van der Waals surface area contributed by atoms with Crippen LogP contribution in [-0.2, 0) is 13.1 Å². The molecule has 5 heteroatoms. The second-order valence-corrected chi connectivity index (χ2v) is 7.47. The van der Waals surface area contributed by atoms with Crippen molar-refractivity contribution in [2.45, 2.75) is 46.2 Å². The van der Waals surface area contributed by atoms with Gasteiger partial charge in [0.05, 0.1) is 5.69 Å². The molecule has 2 aromatic heterocycles. The van der Waals surface area contributed by atoms with Crippen LogP contribution in [0.3, 0.4) is 0 Å². The van der Waals surface area contributed by atoms with Crippen LogP contribution in [0.5, 0.6) is 0 Å². The van der Waals surface area contributed by atoms with E-state index in [4.69, 9.17) is 4.98 Å². The lowest BCUT2D eigenvalue weighted by atomic mass is 10.1. The average Bonchev–Trinajstić information content (AvgIpc) is 3.08. The van der Waals surface area contributed by atoms with Gasteiger partial charge in [-0.15, -0.1) is 11.3 Å². The van der Waals surface area contributed by atoms with Crippen molar-refractivity contribution >= 4 is 27.8 Å². The fraction of sp³-hybridized carbons (Fsp3) is 0.562. The Kier molecular flexibility index (Phi) is 6.21. The molecule has 0 saturated heterocycles. The fourth-order valence-corrected chi connectivity index (χ4v) is 4.00. The Balaban J connectivity index is 2.10. The van der Waals surface area contributed by atoms with Crippen LogP contribution in [0.15, 0.2) is 16.8 Å². The van der Waals surface area contributed by atoms with Crippen molar-refractivity contribution in [3.63, 3.8) is 0 Å². The molecule has 0 aliphatic carbocycles. The van der Waals surface area contributed by atoms with Crippen molar-refractivity contribution < 1.29 is 0 Å². The second-order valence-electron chi connectivity index (χ2n) is 5.62. The summed E-state index contributed by atoms with van der Waals surface area (Å²) in [6.45, 7) is 9.57. The first-order valence-corrected chi connectivity index (χ1v) is 9.30. The maximum absolute atomic E-state index is 4.88. The highest BCUT2D eigenvalue weighted by molar-refractivity contribution is 7.15. The van der Waals surface area contributed by atoms with Crippen LogP contribution in [0, 0.1) is 0 Å². The highest BCUT2D eigenvalue weighted by Gasteiger charge is 2.16. The van der Waals surface area contributed by atoms with E-state index in [0.717, 1.165) is 24.8 Å². The molecule has 0 aliphatic rings. The van der Waals surface area contributed by atoms with E-state index in [1.165, 1.54) is 22.6 Å². The molecule has 1 N–H and O–H groups in total. The lowest BCUT2D eigenvalue weighted by molar-refractivity contribution is 0.670. The highest BCUT2D eigenvalue weighted by Crippen LogP contribution is 2.31. The Hall–Kier alpha value is -0.910. The lowest BCUT2D eigenvalue weighted by Crippen LogP contribution is -2.15. The fourth-order valence-electron chi connectivity index (χ4n) is 2.19. The molecule has 0 aromatic carbocycles. The van der Waals surface area contributed by atoms with Crippen molar-refractivity contribution in [2.75, 3.05) is 18.5 Å². The van der Waals surface area contributed by atoms with Gasteiger partial charge in [0.1, 0.15) is 0 Å². The number of thiazole rings is 1. The van der Waals surface area contributed by atoms with Gasteiger partial charge in [0, 0.05) is 25.0 Å². The number of anilines is 1. The molecule has 0 amide bonds. The number of aromatic nitrogens is 1. The second kappa shape index (κ2) is 7.92. The zero-order valence-electron chi connectivity index (χ0n) is 13.3. The molecule has 21 heavy (non-hydrogen) atoms. The van der Waals surface area contributed by atoms with Crippen LogP contribution in [0.1, 0.15) is 49.2 Å². The summed E-state index contributed by atoms with van der Waals surface area (Å²) in [5, 5.41) is 8.96. The maximum atomic E-state index is 4.88. The van der Waals surface area contributed by atoms with E-state index in [-0.39, 0.29) is 0 Å². The van der Waals surface area contributed by atoms with E-state index in [1.807, 2.05) is 11.3 Å². The van der Waals surface area contributed by atoms with Crippen LogP contribution >= 0.6 is 22.7 Å². The average molecular weight is 324 g/mol. The minimum atomic E-state index is 0.475. The minimum Gasteiger partial charge on any atom is -0.347 e. The standard InChI is InChI=1S/C16H25N3S2/c1-5-7-17-9-14-15(12(2)3)18-16(21-14)19(4)10-13-6-8-20-11-13/h6,8,11-12,17H,5,7,9-10H2,1-4H3. The predicted octanol–water partition coefficient (Wildman–Crippen LogP) is 4.46. The summed E-state index contributed by atoms with van der Waals surface area (Å²) in [4.78, 5) is 8.51. The summed E-state index contributed by atoms with van der Waals surface area (Å²) in [5.41, 5.74) is 2.60. The molecule has 116 valence electrons. The third-order valence-electron chi connectivity index (χ3n) is 3.30. The summed E-state index contributed by atoms with van der Waals surface area (Å²) in [7, 11) is 2.13. The molecule has 0 aliphatic heterocycles. The van der Waals surface area contributed by atoms with Gasteiger partial charge < -0.3 is 10.2 Å². The Labute approximate surface area is 136 Å². The molecular weight excluding hydrogens is 298 g/mol. The zero-order chi connectivity index (χ0) is 15.2. The monoisotopic (exact) mass is 323 g/mol. The van der Waals surface area contributed by atoms with Gasteiger partial charge in [-0.2, -0.15) is 11.3 Å². The van der Waals surface area contributed by atoms with Gasteiger partial charge in [-0.3, -0.25) is 0 Å². The molecule has 0 atom stereocenters. The normalized spacial score (nSPS) is 11.3. The van der Waals surface area contributed by atoms with Crippen LogP contribution in [0.2, 0.25) is 0 Å². The van der Waals surface area contributed by atoms with Crippen LogP contribution in [0.25, 0.3) is 0 Å². The van der Waals surface area contributed by atoms with Crippen LogP contribution < -0.4 is 10.2 Å². The number of hydrogen-bond acceptors (Lipinski definition) is 5. The van der Waals surface area contributed by atoms with E-state index in [2.05, 4.69) is 54.9 Å². The summed E-state index contributed by atoms with van der Waals surface area (Å²) >= 11 is 3.57. The molecule has 0 fully saturated rings. The lowest BCUT2D eigenvalue weighted by Gasteiger charge is -2.14. The van der Waals surface area contributed by atoms with E-state index >= 15 is 0 Å². The van der Waals surface area contributed by atoms with Gasteiger partial charge in [0.2, 0.25) is 0 Å². The molecular formula is C16H25N3S2. The number of hydrogen-bond donors (Lipinski definition) is 1. The van der Waals surface area contributed by atoms with Gasteiger partial charge in [-0.25, -0.2) is 4.98 Å². The molecule has 0 saturated carbocycles. The van der Waals surface area contributed by atoms with Crippen molar-refractivity contribution in [3.05, 3.63) is 33.0 Å². The number of thiophene rings is 1. The van der Waals surface area contributed by atoms with Crippen LogP contribution in [0.4, 0.5) is 5.13 Å². The van der Waals surface area contributed by atoms with Gasteiger partial charge in [-0.05, 0) is 41.3 Å². The summed E-state index contributed by atoms with van der Waals surface area (Å²) in [5.74, 6) is 0.475. The van der Waals surface area contributed by atoms with E-state index in [9.17, 15) is 0 Å². The Morgan fingerprint density at radius 3 is 2.81 bits per heavy atom. The van der Waals surface area contributed by atoms with Gasteiger partial charge in [-0.1, -0.05) is 20.8 Å². The molecule has 0 spiro atoms. The maximum Gasteiger partial charge on any atom is 0.185 e. The van der Waals surface area contributed by atoms with Crippen molar-refractivity contribution in [3.8, 4) is 0 Å². The molecule has 0 unspecified atom stereocenters. The predicted molar refractivity (Wildman–Crippen MR) is 94.6 cm³/mol. The summed E-state index contributed by atoms with van der Waals surface area (Å²) in [6, 6.07) is 2.18. The third-order valence-corrected chi connectivity index (χ3v) is 5.22. The third kappa shape index (κ3) is 4.53. The van der Waals surface area contributed by atoms with Crippen LogP contribution in [-0.4, -0.2) is 18.6 Å². The molecule has 0 bridgehead atoms. The molecule has 0 radical (unpaired) electrons. The molecule has 2 aromatic rings. The van der Waals surface area contributed by atoms with E-state index in [1.54, 1.807) is 11.3 Å². The quantitative estimate of drug-likeness (QED) is 0.727. The topological polar surface area (TPSA) is 28.2 Å². The molecule has 2 rings (SSSR count). The first kappa shape index (κ1) is 16.5. The largest absolute Gasteiger partial charge is 0.347 e. The minimum absolute atomic E-state index is 0.475. The summed E-state index contributed by atoms with van der Waals surface area (Å²) < 4.78 is 0. The number of nitrogens with zero attached hydrogens (tertiary/aromatic N) is 2. The SMILES string of the molecule is CCCNCc1sc(N(C)Cc2ccsc2)nc1C(C)C. The van der Waals surface area contributed by atoms with Gasteiger partial charge >= 0.3 is 0 Å². The van der Waals surface area contributed by atoms with Crippen molar-refractivity contribution in [2.24, 2.45) is 0 Å². The summed E-state index contributed by atoms with van der Waals surface area (Å²) in [6.07, 6.45) is 1.17. The zero-order valence-corrected chi connectivity index (χ0v) is 15.0. The Morgan fingerprint density at radius 2 is 2.19 bits per heavy atom. The highest BCUT2D eigenvalue weighted by atomic mass is 32.1. The molecule has 2 heterocycles. The van der Waals surface area contributed by atoms with E-state index < -0.39 is 0 Å². The van der Waals surface area contributed by atoms with Gasteiger partial charge in [0.15, 0.2) is 5.13 Å². The smallest absolute Gasteiger partial charge is 0.185 e. The van der Waals surface area contributed by atoms with Crippen molar-refractivity contribution in [1.82, 2.24) is 10.3 Å². The first-order valence-electron chi connectivity index (χ1n) is 7.54. The Morgan fingerprint density at radius 1 is 1.38 bits per heavy atom. The van der Waals surface area contributed by atoms with Gasteiger partial charge in [0.25, 0.3) is 0 Å². The Bertz CT molecular complexity index is 532. The van der Waals surface area contributed by atoms with E-state index in [0.29, 0.717) is 5.92 Å². The number of rotatable bonds is 8.